The number of nitrogens with one attached hydrogen (secondary N) is 2. The molecule has 2 aromatic rings. The van der Waals surface area contributed by atoms with Crippen molar-refractivity contribution >= 4 is 23.5 Å². The minimum absolute atomic E-state index is 0.327. The quantitative estimate of drug-likeness (QED) is 0.799. The van der Waals surface area contributed by atoms with Crippen molar-refractivity contribution in [2.45, 2.75) is 24.8 Å². The number of fused-ring (bicyclic) bond motifs is 2. The topological polar surface area (TPSA) is 87.7 Å². The number of rotatable bonds is 4. The van der Waals surface area contributed by atoms with E-state index in [0.29, 0.717) is 17.9 Å². The van der Waals surface area contributed by atoms with Crippen LogP contribution in [0.15, 0.2) is 48.5 Å². The molecule has 4 rings (SSSR count). The predicted octanol–water partition coefficient (Wildman–Crippen LogP) is 2.42. The summed E-state index contributed by atoms with van der Waals surface area (Å²) >= 11 is 0. The second-order valence-electron chi connectivity index (χ2n) is 7.02. The number of anilines is 1. The molecule has 28 heavy (non-hydrogen) atoms. The van der Waals surface area contributed by atoms with Crippen LogP contribution in [0.3, 0.4) is 0 Å². The monoisotopic (exact) mass is 379 g/mol. The first kappa shape index (κ1) is 18.0. The molecule has 0 saturated carbocycles. The van der Waals surface area contributed by atoms with E-state index in [-0.39, 0.29) is 12.5 Å². The Kier molecular flexibility index (Phi) is 4.50. The molecule has 1 fully saturated rings. The number of carbonyl (C=O) groups excluding carboxylic acids is 3. The minimum atomic E-state index is -1.11. The van der Waals surface area contributed by atoms with Crippen LogP contribution in [-0.4, -0.2) is 36.4 Å². The van der Waals surface area contributed by atoms with E-state index in [1.165, 1.54) is 0 Å². The van der Waals surface area contributed by atoms with Gasteiger partial charge in [-0.3, -0.25) is 14.5 Å². The van der Waals surface area contributed by atoms with Crippen molar-refractivity contribution in [1.82, 2.24) is 10.2 Å². The molecular formula is C21H21N3O4. The molecule has 1 atom stereocenters. The number of methoxy groups -OCH3 is 1. The number of hydrogen-bond acceptors (Lipinski definition) is 4. The first-order chi connectivity index (χ1) is 13.5. The molecule has 0 aromatic heterocycles. The van der Waals surface area contributed by atoms with Gasteiger partial charge in [-0.15, -0.1) is 0 Å². The summed E-state index contributed by atoms with van der Waals surface area (Å²) in [6, 6.07) is 13.9. The molecule has 1 aliphatic heterocycles. The number of para-hydroxylation sites is 1. The van der Waals surface area contributed by atoms with Gasteiger partial charge in [0.2, 0.25) is 5.91 Å². The lowest BCUT2D eigenvalue weighted by atomic mass is 9.76. The third-order valence-corrected chi connectivity index (χ3v) is 5.31. The van der Waals surface area contributed by atoms with Crippen LogP contribution in [0.1, 0.15) is 24.0 Å². The molecule has 7 heteroatoms. The summed E-state index contributed by atoms with van der Waals surface area (Å²) in [6.07, 6.45) is 2.08. The number of nitrogens with zero attached hydrogens (tertiary/aromatic N) is 1. The fraction of sp³-hybridized carbons (Fsp3) is 0.286. The maximum Gasteiger partial charge on any atom is 0.325 e. The second kappa shape index (κ2) is 6.99. The summed E-state index contributed by atoms with van der Waals surface area (Å²) in [5.41, 5.74) is 1.27. The normalized spacial score (nSPS) is 20.7. The fourth-order valence-electron chi connectivity index (χ4n) is 3.99. The van der Waals surface area contributed by atoms with Crippen LogP contribution in [0, 0.1) is 0 Å². The Balaban J connectivity index is 1.57. The van der Waals surface area contributed by atoms with Gasteiger partial charge in [0.25, 0.3) is 5.91 Å². The van der Waals surface area contributed by atoms with Gasteiger partial charge in [0.05, 0.1) is 7.11 Å². The number of ether oxygens (including phenoxy) is 1. The van der Waals surface area contributed by atoms with Gasteiger partial charge in [0.15, 0.2) is 0 Å². The van der Waals surface area contributed by atoms with Crippen LogP contribution in [0.2, 0.25) is 0 Å². The van der Waals surface area contributed by atoms with Crippen LogP contribution in [-0.2, 0) is 21.5 Å². The maximum absolute atomic E-state index is 13.2. The van der Waals surface area contributed by atoms with Crippen molar-refractivity contribution in [2.24, 2.45) is 0 Å². The van der Waals surface area contributed by atoms with Crippen LogP contribution in [0.5, 0.6) is 5.75 Å². The maximum atomic E-state index is 13.2. The Labute approximate surface area is 162 Å². The van der Waals surface area contributed by atoms with Gasteiger partial charge < -0.3 is 15.4 Å². The number of benzene rings is 2. The number of aryl methyl sites for hydroxylation is 1. The molecule has 0 radical (unpaired) electrons. The summed E-state index contributed by atoms with van der Waals surface area (Å²) in [5, 5.41) is 5.55. The SMILES string of the molecule is COc1ccc2c(c1)CCC[C@]21NC(=O)N(CC(=O)Nc2ccccc2)C1=O. The van der Waals surface area contributed by atoms with Crippen LogP contribution < -0.4 is 15.4 Å². The van der Waals surface area contributed by atoms with E-state index < -0.39 is 17.5 Å². The Morgan fingerprint density at radius 3 is 2.75 bits per heavy atom. The van der Waals surface area contributed by atoms with E-state index in [2.05, 4.69) is 10.6 Å². The van der Waals surface area contributed by atoms with Crippen molar-refractivity contribution in [3.8, 4) is 5.75 Å². The summed E-state index contributed by atoms with van der Waals surface area (Å²) in [6.45, 7) is -0.327. The highest BCUT2D eigenvalue weighted by Crippen LogP contribution is 2.41. The Bertz CT molecular complexity index is 944. The van der Waals surface area contributed by atoms with Gasteiger partial charge in [0.1, 0.15) is 17.8 Å². The fourth-order valence-corrected chi connectivity index (χ4v) is 3.99. The molecule has 2 N–H and O–H groups in total. The first-order valence-electron chi connectivity index (χ1n) is 9.20. The zero-order valence-corrected chi connectivity index (χ0v) is 15.5. The molecule has 1 aliphatic carbocycles. The molecule has 4 amide bonds. The van der Waals surface area contributed by atoms with Crippen LogP contribution >= 0.6 is 0 Å². The summed E-state index contributed by atoms with van der Waals surface area (Å²) < 4.78 is 5.27. The molecule has 1 spiro atoms. The summed E-state index contributed by atoms with van der Waals surface area (Å²) in [5.74, 6) is -0.0870. The Hall–Kier alpha value is -3.35. The highest BCUT2D eigenvalue weighted by Gasteiger charge is 2.54. The average molecular weight is 379 g/mol. The number of imide groups is 1. The molecule has 7 nitrogen and oxygen atoms in total. The molecule has 144 valence electrons. The number of amides is 4. The van der Waals surface area contributed by atoms with E-state index >= 15 is 0 Å². The van der Waals surface area contributed by atoms with Gasteiger partial charge in [-0.05, 0) is 54.7 Å². The third kappa shape index (κ3) is 2.98. The zero-order valence-electron chi connectivity index (χ0n) is 15.5. The van der Waals surface area contributed by atoms with E-state index in [1.807, 2.05) is 18.2 Å². The minimum Gasteiger partial charge on any atom is -0.497 e. The van der Waals surface area contributed by atoms with E-state index in [0.717, 1.165) is 28.9 Å². The lowest BCUT2D eigenvalue weighted by Gasteiger charge is -2.33. The van der Waals surface area contributed by atoms with Gasteiger partial charge >= 0.3 is 6.03 Å². The van der Waals surface area contributed by atoms with Gasteiger partial charge in [-0.2, -0.15) is 0 Å². The molecule has 0 unspecified atom stereocenters. The zero-order chi connectivity index (χ0) is 19.7. The average Bonchev–Trinajstić information content (AvgIpc) is 2.93. The van der Waals surface area contributed by atoms with Gasteiger partial charge in [0, 0.05) is 5.69 Å². The van der Waals surface area contributed by atoms with Crippen LogP contribution in [0.25, 0.3) is 0 Å². The van der Waals surface area contributed by atoms with Crippen molar-refractivity contribution in [3.63, 3.8) is 0 Å². The Morgan fingerprint density at radius 1 is 1.21 bits per heavy atom. The van der Waals surface area contributed by atoms with Gasteiger partial charge in [-0.1, -0.05) is 24.3 Å². The molecular weight excluding hydrogens is 358 g/mol. The standard InChI is InChI=1S/C21H21N3O4/c1-28-16-9-10-17-14(12-16)6-5-11-21(17)19(26)24(20(27)23-21)13-18(25)22-15-7-3-2-4-8-15/h2-4,7-10,12H,5-6,11,13H2,1H3,(H,22,25)(H,23,27)/t21-/m0/s1. The van der Waals surface area contributed by atoms with Crippen molar-refractivity contribution < 1.29 is 19.1 Å². The first-order valence-corrected chi connectivity index (χ1v) is 9.20. The third-order valence-electron chi connectivity index (χ3n) is 5.31. The van der Waals surface area contributed by atoms with E-state index in [9.17, 15) is 14.4 Å². The van der Waals surface area contributed by atoms with Crippen molar-refractivity contribution in [1.29, 1.82) is 0 Å². The summed E-state index contributed by atoms with van der Waals surface area (Å²) in [4.78, 5) is 39.2. The number of carbonyl (C=O) groups is 3. The largest absolute Gasteiger partial charge is 0.497 e. The van der Waals surface area contributed by atoms with Crippen molar-refractivity contribution in [3.05, 3.63) is 59.7 Å². The van der Waals surface area contributed by atoms with E-state index in [1.54, 1.807) is 37.4 Å². The molecule has 2 aromatic carbocycles. The van der Waals surface area contributed by atoms with Crippen LogP contribution in [0.4, 0.5) is 10.5 Å². The molecule has 1 heterocycles. The lowest BCUT2D eigenvalue weighted by molar-refractivity contribution is -0.134. The van der Waals surface area contributed by atoms with E-state index in [4.69, 9.17) is 4.74 Å². The smallest absolute Gasteiger partial charge is 0.325 e. The second-order valence-corrected chi connectivity index (χ2v) is 7.02. The highest BCUT2D eigenvalue weighted by atomic mass is 16.5. The molecule has 0 bridgehead atoms. The molecule has 2 aliphatic rings. The summed E-state index contributed by atoms with van der Waals surface area (Å²) in [7, 11) is 1.59. The highest BCUT2D eigenvalue weighted by molar-refractivity contribution is 6.10. The number of urea groups is 1. The number of hydrogen-bond donors (Lipinski definition) is 2. The van der Waals surface area contributed by atoms with Crippen molar-refractivity contribution in [2.75, 3.05) is 19.0 Å². The predicted molar refractivity (Wildman–Crippen MR) is 103 cm³/mol. The lowest BCUT2D eigenvalue weighted by Crippen LogP contribution is -2.47. The van der Waals surface area contributed by atoms with Gasteiger partial charge in [-0.25, -0.2) is 4.79 Å². The molecule has 1 saturated heterocycles. The Morgan fingerprint density at radius 2 is 2.00 bits per heavy atom.